The Bertz CT molecular complexity index is 1380. The lowest BCUT2D eigenvalue weighted by molar-refractivity contribution is -0.146. The monoisotopic (exact) mass is 645 g/mol. The minimum atomic E-state index is -0.595. The van der Waals surface area contributed by atoms with Gasteiger partial charge in [-0.05, 0) is 87.8 Å². The van der Waals surface area contributed by atoms with Gasteiger partial charge in [0.1, 0.15) is 13.2 Å². The molecule has 0 atom stereocenters. The van der Waals surface area contributed by atoms with Gasteiger partial charge in [0, 0.05) is 0 Å². The largest absolute Gasteiger partial charge is 0.490 e. The van der Waals surface area contributed by atoms with Gasteiger partial charge in [-0.15, -0.1) is 0 Å². The highest BCUT2D eigenvalue weighted by Crippen LogP contribution is 2.38. The Morgan fingerprint density at radius 1 is 1.05 bits per heavy atom. The fraction of sp³-hybridized carbons (Fsp3) is 0.276. The SMILES string of the molecule is CCCCOC(=O)CN1C(=O)S/C(=C/c2cc(I)c(OCc3cccc4ccccc34)c(OCC)c2)C1=O. The Hall–Kier alpha value is -3.05. The average Bonchev–Trinajstić information content (AvgIpc) is 3.15. The van der Waals surface area contributed by atoms with Crippen LogP contribution in [-0.2, 0) is 20.9 Å². The number of hydrogen-bond donors (Lipinski definition) is 0. The molecule has 0 bridgehead atoms. The zero-order valence-electron chi connectivity index (χ0n) is 21.2. The summed E-state index contributed by atoms with van der Waals surface area (Å²) in [4.78, 5) is 38.5. The Morgan fingerprint density at radius 3 is 2.63 bits per heavy atom. The maximum absolute atomic E-state index is 12.9. The number of esters is 1. The van der Waals surface area contributed by atoms with Crippen molar-refractivity contribution in [3.8, 4) is 11.5 Å². The number of nitrogens with zero attached hydrogens (tertiary/aromatic N) is 1. The first kappa shape index (κ1) is 28.0. The molecule has 1 fully saturated rings. The van der Waals surface area contributed by atoms with Crippen LogP contribution >= 0.6 is 34.4 Å². The molecule has 1 aliphatic heterocycles. The molecule has 2 amide bonds. The molecule has 0 radical (unpaired) electrons. The molecule has 3 aromatic rings. The van der Waals surface area contributed by atoms with Gasteiger partial charge >= 0.3 is 5.97 Å². The fourth-order valence-corrected chi connectivity index (χ4v) is 5.55. The minimum absolute atomic E-state index is 0.235. The normalized spacial score (nSPS) is 14.4. The summed E-state index contributed by atoms with van der Waals surface area (Å²) in [6.45, 7) is 4.55. The molecule has 7 nitrogen and oxygen atoms in total. The molecule has 0 aromatic heterocycles. The van der Waals surface area contributed by atoms with Gasteiger partial charge in [0.25, 0.3) is 11.1 Å². The van der Waals surface area contributed by atoms with Gasteiger partial charge in [-0.2, -0.15) is 0 Å². The van der Waals surface area contributed by atoms with Gasteiger partial charge in [-0.25, -0.2) is 0 Å². The fourth-order valence-electron chi connectivity index (χ4n) is 3.94. The molecule has 1 saturated heterocycles. The van der Waals surface area contributed by atoms with E-state index in [2.05, 4.69) is 40.8 Å². The summed E-state index contributed by atoms with van der Waals surface area (Å²) < 4.78 is 18.0. The lowest BCUT2D eigenvalue weighted by Crippen LogP contribution is -2.34. The molecule has 0 spiro atoms. The molecule has 198 valence electrons. The summed E-state index contributed by atoms with van der Waals surface area (Å²) in [6, 6.07) is 17.9. The third-order valence-electron chi connectivity index (χ3n) is 5.80. The van der Waals surface area contributed by atoms with E-state index in [-0.39, 0.29) is 11.5 Å². The molecule has 3 aromatic carbocycles. The molecule has 1 heterocycles. The van der Waals surface area contributed by atoms with Crippen LogP contribution in [-0.4, -0.2) is 41.8 Å². The number of unbranched alkanes of at least 4 members (excludes halogenated alkanes) is 1. The van der Waals surface area contributed by atoms with Crippen LogP contribution in [0.2, 0.25) is 0 Å². The number of fused-ring (bicyclic) bond motifs is 1. The first-order chi connectivity index (χ1) is 18.4. The van der Waals surface area contributed by atoms with E-state index in [0.29, 0.717) is 30.3 Å². The van der Waals surface area contributed by atoms with Gasteiger partial charge < -0.3 is 14.2 Å². The van der Waals surface area contributed by atoms with Crippen LogP contribution in [0.5, 0.6) is 11.5 Å². The molecule has 4 rings (SSSR count). The number of carbonyl (C=O) groups excluding carboxylic acids is 3. The Kier molecular flexibility index (Phi) is 9.68. The van der Waals surface area contributed by atoms with Crippen molar-refractivity contribution in [2.24, 2.45) is 0 Å². The molecular formula is C29H28INO6S. The van der Waals surface area contributed by atoms with Gasteiger partial charge in [-0.1, -0.05) is 55.8 Å². The Morgan fingerprint density at radius 2 is 1.84 bits per heavy atom. The number of carbonyl (C=O) groups is 3. The van der Waals surface area contributed by atoms with Gasteiger partial charge in [-0.3, -0.25) is 19.3 Å². The summed E-state index contributed by atoms with van der Waals surface area (Å²) in [7, 11) is 0. The van der Waals surface area contributed by atoms with Gasteiger partial charge in [0.2, 0.25) is 0 Å². The Balaban J connectivity index is 1.52. The van der Waals surface area contributed by atoms with E-state index in [9.17, 15) is 14.4 Å². The molecule has 0 N–H and O–H groups in total. The van der Waals surface area contributed by atoms with Crippen molar-refractivity contribution in [2.75, 3.05) is 19.8 Å². The van der Waals surface area contributed by atoms with E-state index < -0.39 is 23.7 Å². The van der Waals surface area contributed by atoms with Crippen LogP contribution < -0.4 is 9.47 Å². The zero-order chi connectivity index (χ0) is 27.1. The van der Waals surface area contributed by atoms with E-state index in [1.165, 1.54) is 0 Å². The van der Waals surface area contributed by atoms with Crippen LogP contribution in [0.4, 0.5) is 4.79 Å². The number of amides is 2. The first-order valence-electron chi connectivity index (χ1n) is 12.4. The van der Waals surface area contributed by atoms with Gasteiger partial charge in [0.15, 0.2) is 11.5 Å². The van der Waals surface area contributed by atoms with Crippen LogP contribution in [0.3, 0.4) is 0 Å². The number of hydrogen-bond acceptors (Lipinski definition) is 7. The number of benzene rings is 3. The van der Waals surface area contributed by atoms with Crippen LogP contribution in [0.1, 0.15) is 37.8 Å². The summed E-state index contributed by atoms with van der Waals surface area (Å²) in [5, 5.41) is 1.78. The summed E-state index contributed by atoms with van der Waals surface area (Å²) >= 11 is 2.98. The van der Waals surface area contributed by atoms with E-state index in [1.54, 1.807) is 12.1 Å². The summed E-state index contributed by atoms with van der Waals surface area (Å²) in [5.74, 6) is 0.0460. The van der Waals surface area contributed by atoms with Gasteiger partial charge in [0.05, 0.1) is 21.7 Å². The van der Waals surface area contributed by atoms with Crippen molar-refractivity contribution >= 4 is 68.3 Å². The van der Waals surface area contributed by atoms with Crippen molar-refractivity contribution in [1.82, 2.24) is 4.90 Å². The van der Waals surface area contributed by atoms with Crippen LogP contribution in [0.15, 0.2) is 59.5 Å². The van der Waals surface area contributed by atoms with E-state index in [1.807, 2.05) is 44.2 Å². The van der Waals surface area contributed by atoms with Crippen molar-refractivity contribution < 1.29 is 28.6 Å². The average molecular weight is 646 g/mol. The van der Waals surface area contributed by atoms with Crippen LogP contribution in [0.25, 0.3) is 16.8 Å². The number of thioether (sulfide) groups is 1. The van der Waals surface area contributed by atoms with Crippen molar-refractivity contribution in [3.63, 3.8) is 0 Å². The highest BCUT2D eigenvalue weighted by Gasteiger charge is 2.36. The highest BCUT2D eigenvalue weighted by molar-refractivity contribution is 14.1. The number of ether oxygens (including phenoxy) is 3. The van der Waals surface area contributed by atoms with E-state index >= 15 is 0 Å². The number of rotatable bonds is 11. The molecule has 1 aliphatic rings. The highest BCUT2D eigenvalue weighted by atomic mass is 127. The quantitative estimate of drug-likeness (QED) is 0.0982. The lowest BCUT2D eigenvalue weighted by atomic mass is 10.1. The smallest absolute Gasteiger partial charge is 0.326 e. The first-order valence-corrected chi connectivity index (χ1v) is 14.3. The number of halogens is 1. The van der Waals surface area contributed by atoms with Crippen molar-refractivity contribution in [1.29, 1.82) is 0 Å². The second-order valence-electron chi connectivity index (χ2n) is 8.53. The maximum atomic E-state index is 12.9. The topological polar surface area (TPSA) is 82.1 Å². The van der Waals surface area contributed by atoms with E-state index in [0.717, 1.165) is 49.4 Å². The van der Waals surface area contributed by atoms with Crippen LogP contribution in [0, 0.1) is 3.57 Å². The lowest BCUT2D eigenvalue weighted by Gasteiger charge is -2.16. The second-order valence-corrected chi connectivity index (χ2v) is 10.7. The standard InChI is InChI=1S/C29H28INO6S/c1-3-5-13-36-26(32)17-31-28(33)25(38-29(31)34)16-19-14-23(30)27(24(15-19)35-4-2)37-18-21-11-8-10-20-9-6-7-12-22(20)21/h6-12,14-16H,3-5,13,17-18H2,1-2H3/b25-16+. The third kappa shape index (κ3) is 6.68. The minimum Gasteiger partial charge on any atom is -0.490 e. The Labute approximate surface area is 239 Å². The number of imide groups is 1. The molecule has 0 aliphatic carbocycles. The summed E-state index contributed by atoms with van der Waals surface area (Å²) in [6.07, 6.45) is 3.25. The molecular weight excluding hydrogens is 617 g/mol. The molecule has 38 heavy (non-hydrogen) atoms. The summed E-state index contributed by atoms with van der Waals surface area (Å²) in [5.41, 5.74) is 1.75. The predicted molar refractivity (Wildman–Crippen MR) is 157 cm³/mol. The molecule has 0 saturated carbocycles. The molecule has 9 heteroatoms. The van der Waals surface area contributed by atoms with E-state index in [4.69, 9.17) is 14.2 Å². The predicted octanol–water partition coefficient (Wildman–Crippen LogP) is 6.80. The molecule has 0 unspecified atom stereocenters. The maximum Gasteiger partial charge on any atom is 0.326 e. The zero-order valence-corrected chi connectivity index (χ0v) is 24.2. The second kappa shape index (κ2) is 13.1. The van der Waals surface area contributed by atoms with Crippen molar-refractivity contribution in [3.05, 3.63) is 74.2 Å². The third-order valence-corrected chi connectivity index (χ3v) is 7.51. The van der Waals surface area contributed by atoms with Crippen molar-refractivity contribution in [2.45, 2.75) is 33.3 Å².